The Morgan fingerprint density at radius 1 is 0.968 bits per heavy atom. The van der Waals surface area contributed by atoms with E-state index in [1.165, 1.54) is 15.7 Å². The van der Waals surface area contributed by atoms with Gasteiger partial charge in [0.15, 0.2) is 0 Å². The Bertz CT molecular complexity index is 1420. The van der Waals surface area contributed by atoms with Gasteiger partial charge in [-0.05, 0) is 35.7 Å². The molecule has 0 atom stereocenters. The molecule has 2 aromatic carbocycles. The first kappa shape index (κ1) is 19.2. The lowest BCUT2D eigenvalue weighted by atomic mass is 9.98. The first-order valence-electron chi connectivity index (χ1n) is 9.94. The summed E-state index contributed by atoms with van der Waals surface area (Å²) in [6.07, 6.45) is 1.70. The van der Waals surface area contributed by atoms with Gasteiger partial charge in [-0.2, -0.15) is 0 Å². The maximum Gasteiger partial charge on any atom is 0.266 e. The lowest BCUT2D eigenvalue weighted by Gasteiger charge is -2.19. The van der Waals surface area contributed by atoms with Crippen LogP contribution in [0.15, 0.2) is 89.9 Å². The summed E-state index contributed by atoms with van der Waals surface area (Å²) < 4.78 is 1.53. The number of aromatic nitrogens is 2. The van der Waals surface area contributed by atoms with Crippen molar-refractivity contribution in [2.24, 2.45) is 0 Å². The van der Waals surface area contributed by atoms with Crippen LogP contribution in [0.4, 0.5) is 0 Å². The highest BCUT2D eigenvalue weighted by atomic mass is 32.1. The molecule has 31 heavy (non-hydrogen) atoms. The van der Waals surface area contributed by atoms with E-state index in [0.717, 1.165) is 16.7 Å². The smallest absolute Gasteiger partial charge is 0.266 e. The largest absolute Gasteiger partial charge is 0.340 e. The predicted molar refractivity (Wildman–Crippen MR) is 124 cm³/mol. The summed E-state index contributed by atoms with van der Waals surface area (Å²) in [5.41, 5.74) is 3.33. The van der Waals surface area contributed by atoms with Crippen molar-refractivity contribution in [2.45, 2.75) is 13.0 Å². The number of aryl methyl sites for hydroxylation is 1. The van der Waals surface area contributed by atoms with Crippen LogP contribution in [0.25, 0.3) is 15.9 Å². The van der Waals surface area contributed by atoms with Crippen LogP contribution in [-0.4, -0.2) is 15.3 Å². The molecular formula is C25H19N3O2S. The number of rotatable bonds is 4. The molecule has 5 nitrogen and oxygen atoms in total. The second kappa shape index (κ2) is 7.81. The molecule has 0 bridgehead atoms. The molecule has 152 valence electrons. The van der Waals surface area contributed by atoms with Crippen molar-refractivity contribution in [1.82, 2.24) is 14.7 Å². The number of amides is 1. The van der Waals surface area contributed by atoms with Gasteiger partial charge in [0, 0.05) is 6.20 Å². The van der Waals surface area contributed by atoms with Crippen molar-refractivity contribution in [3.05, 3.63) is 117 Å². The van der Waals surface area contributed by atoms with Crippen molar-refractivity contribution in [3.63, 3.8) is 0 Å². The lowest BCUT2D eigenvalue weighted by molar-refractivity contribution is 0.0947. The molecule has 3 aromatic heterocycles. The van der Waals surface area contributed by atoms with E-state index in [4.69, 9.17) is 0 Å². The molecule has 0 saturated carbocycles. The Balaban J connectivity index is 1.56. The molecule has 6 heteroatoms. The quantitative estimate of drug-likeness (QED) is 0.452. The Hall–Kier alpha value is -3.77. The first-order chi connectivity index (χ1) is 15.1. The fourth-order valence-corrected chi connectivity index (χ4v) is 4.65. The summed E-state index contributed by atoms with van der Waals surface area (Å²) in [4.78, 5) is 31.8. The van der Waals surface area contributed by atoms with Crippen LogP contribution in [0.2, 0.25) is 0 Å². The van der Waals surface area contributed by atoms with Gasteiger partial charge >= 0.3 is 0 Å². The van der Waals surface area contributed by atoms with Crippen molar-refractivity contribution in [1.29, 1.82) is 0 Å². The van der Waals surface area contributed by atoms with Gasteiger partial charge in [0.05, 0.1) is 16.3 Å². The third-order valence-electron chi connectivity index (χ3n) is 5.30. The van der Waals surface area contributed by atoms with E-state index < -0.39 is 0 Å². The van der Waals surface area contributed by atoms with Crippen molar-refractivity contribution in [2.75, 3.05) is 0 Å². The van der Waals surface area contributed by atoms with E-state index in [9.17, 15) is 9.59 Å². The molecule has 0 spiro atoms. The van der Waals surface area contributed by atoms with Crippen molar-refractivity contribution >= 4 is 33.1 Å². The third-order valence-corrected chi connectivity index (χ3v) is 6.32. The van der Waals surface area contributed by atoms with Gasteiger partial charge in [0.2, 0.25) is 0 Å². The van der Waals surface area contributed by atoms with Gasteiger partial charge < -0.3 is 5.32 Å². The minimum Gasteiger partial charge on any atom is -0.340 e. The number of thiophene rings is 1. The lowest BCUT2D eigenvalue weighted by Crippen LogP contribution is -2.28. The second-order valence-corrected chi connectivity index (χ2v) is 8.39. The van der Waals surface area contributed by atoms with Crippen LogP contribution >= 0.6 is 11.3 Å². The number of nitrogens with zero attached hydrogens (tertiary/aromatic N) is 2. The van der Waals surface area contributed by atoms with Crippen LogP contribution in [0.3, 0.4) is 0 Å². The van der Waals surface area contributed by atoms with E-state index in [0.29, 0.717) is 20.7 Å². The highest BCUT2D eigenvalue weighted by Crippen LogP contribution is 2.26. The summed E-state index contributed by atoms with van der Waals surface area (Å²) in [6.45, 7) is 1.92. The number of carbonyl (C=O) groups is 1. The van der Waals surface area contributed by atoms with E-state index >= 15 is 0 Å². The fourth-order valence-electron chi connectivity index (χ4n) is 3.72. The molecule has 0 aliphatic rings. The van der Waals surface area contributed by atoms with Crippen LogP contribution in [0.5, 0.6) is 0 Å². The Labute approximate surface area is 182 Å². The molecule has 0 saturated heterocycles. The molecule has 3 heterocycles. The number of pyridine rings is 1. The molecule has 0 fully saturated rings. The van der Waals surface area contributed by atoms with Crippen LogP contribution < -0.4 is 10.9 Å². The highest BCUT2D eigenvalue weighted by Gasteiger charge is 2.20. The molecule has 5 aromatic rings. The van der Waals surface area contributed by atoms with E-state index in [1.807, 2.05) is 79.7 Å². The zero-order valence-corrected chi connectivity index (χ0v) is 17.6. The van der Waals surface area contributed by atoms with Crippen LogP contribution in [-0.2, 0) is 0 Å². The van der Waals surface area contributed by atoms with Gasteiger partial charge in [-0.1, -0.05) is 66.7 Å². The van der Waals surface area contributed by atoms with Gasteiger partial charge in [0.25, 0.3) is 11.5 Å². The van der Waals surface area contributed by atoms with Crippen LogP contribution in [0.1, 0.15) is 32.4 Å². The predicted octanol–water partition coefficient (Wildman–Crippen LogP) is 4.74. The van der Waals surface area contributed by atoms with Gasteiger partial charge in [-0.15, -0.1) is 11.3 Å². The van der Waals surface area contributed by atoms with Gasteiger partial charge in [0.1, 0.15) is 10.5 Å². The highest BCUT2D eigenvalue weighted by molar-refractivity contribution is 7.20. The van der Waals surface area contributed by atoms with E-state index in [-0.39, 0.29) is 17.5 Å². The van der Waals surface area contributed by atoms with Crippen molar-refractivity contribution in [3.8, 4) is 0 Å². The second-order valence-electron chi connectivity index (χ2n) is 7.36. The zero-order valence-electron chi connectivity index (χ0n) is 16.8. The molecule has 5 rings (SSSR count). The number of benzene rings is 2. The molecular weight excluding hydrogens is 406 g/mol. The minimum absolute atomic E-state index is 0.165. The topological polar surface area (TPSA) is 63.5 Å². The van der Waals surface area contributed by atoms with Gasteiger partial charge in [-0.3, -0.25) is 14.0 Å². The molecule has 0 aliphatic heterocycles. The monoisotopic (exact) mass is 425 g/mol. The zero-order chi connectivity index (χ0) is 21.4. The summed E-state index contributed by atoms with van der Waals surface area (Å²) in [5, 5.41) is 3.59. The average Bonchev–Trinajstić information content (AvgIpc) is 3.24. The minimum atomic E-state index is -0.296. The number of hydrogen-bond donors (Lipinski definition) is 1. The standard InChI is InChI=1S/C25H19N3O2S/c1-16-9-8-14-28-22(16)27-24-19(25(28)30)15-20(31-24)23(29)26-21(17-10-4-2-5-11-17)18-12-6-3-7-13-18/h2-15,21H,1H3,(H,26,29). The van der Waals surface area contributed by atoms with E-state index in [2.05, 4.69) is 10.3 Å². The maximum atomic E-state index is 13.2. The summed E-state index contributed by atoms with van der Waals surface area (Å²) in [6, 6.07) is 24.8. The molecule has 0 unspecified atom stereocenters. The number of hydrogen-bond acceptors (Lipinski definition) is 4. The first-order valence-corrected chi connectivity index (χ1v) is 10.8. The van der Waals surface area contributed by atoms with E-state index in [1.54, 1.807) is 12.3 Å². The third kappa shape index (κ3) is 3.51. The molecule has 1 N–H and O–H groups in total. The number of fused-ring (bicyclic) bond motifs is 2. The van der Waals surface area contributed by atoms with Crippen molar-refractivity contribution < 1.29 is 4.79 Å². The summed E-state index contributed by atoms with van der Waals surface area (Å²) in [7, 11) is 0. The molecule has 1 amide bonds. The normalized spacial score (nSPS) is 11.3. The summed E-state index contributed by atoms with van der Waals surface area (Å²) >= 11 is 1.24. The number of nitrogens with one attached hydrogen (secondary N) is 1. The average molecular weight is 426 g/mol. The summed E-state index contributed by atoms with van der Waals surface area (Å²) in [5.74, 6) is -0.231. The Kier molecular flexibility index (Phi) is 4.84. The van der Waals surface area contributed by atoms with Gasteiger partial charge in [-0.25, -0.2) is 4.98 Å². The SMILES string of the molecule is Cc1cccn2c(=O)c3cc(C(=O)NC(c4ccccc4)c4ccccc4)sc3nc12. The number of carbonyl (C=O) groups excluding carboxylic acids is 1. The molecule has 0 radical (unpaired) electrons. The molecule has 0 aliphatic carbocycles. The maximum absolute atomic E-state index is 13.2. The fraction of sp³-hybridized carbons (Fsp3) is 0.0800. The Morgan fingerprint density at radius 3 is 2.26 bits per heavy atom. The van der Waals surface area contributed by atoms with Crippen LogP contribution in [0, 0.1) is 6.92 Å². The Morgan fingerprint density at radius 2 is 1.61 bits per heavy atom.